The summed E-state index contributed by atoms with van der Waals surface area (Å²) in [5, 5.41) is 19.5. The SMILES string of the molecule is NC(N)=N/N=C/c1c(-c2cc([N+](=O)[O-])c(Cl)cc2Cl)nc2n1CCS2. The lowest BCUT2D eigenvalue weighted by molar-refractivity contribution is -0.384. The van der Waals surface area contributed by atoms with E-state index in [2.05, 4.69) is 15.2 Å². The maximum absolute atomic E-state index is 11.2. The topological polar surface area (TPSA) is 138 Å². The van der Waals surface area contributed by atoms with Crippen LogP contribution in [0.1, 0.15) is 5.69 Å². The predicted octanol–water partition coefficient (Wildman–Crippen LogP) is 2.48. The fourth-order valence-corrected chi connectivity index (χ4v) is 3.84. The van der Waals surface area contributed by atoms with Crippen molar-refractivity contribution in [1.82, 2.24) is 9.55 Å². The Morgan fingerprint density at radius 2 is 2.16 bits per heavy atom. The molecule has 0 amide bonds. The molecule has 1 aromatic carbocycles. The van der Waals surface area contributed by atoms with E-state index in [4.69, 9.17) is 34.7 Å². The van der Waals surface area contributed by atoms with Gasteiger partial charge in [0.2, 0.25) is 5.96 Å². The van der Waals surface area contributed by atoms with E-state index in [1.54, 1.807) is 11.8 Å². The van der Waals surface area contributed by atoms with Crippen molar-refractivity contribution in [1.29, 1.82) is 0 Å². The standard InChI is InChI=1S/C13H11Cl2N7O2S/c14-7-4-8(15)9(22(23)24)3-6(7)11-10(5-18-20-12(16)17)21-1-2-25-13(21)19-11/h3-5H,1-2H2,(H4,16,17,20)/b18-5+. The Hall–Kier alpha value is -2.30. The lowest BCUT2D eigenvalue weighted by Crippen LogP contribution is -2.21. The second-order valence-corrected chi connectivity index (χ2v) is 6.81. The first kappa shape index (κ1) is 17.5. The number of nitrogens with two attached hydrogens (primary N) is 2. The molecule has 2 heterocycles. The molecule has 1 aromatic heterocycles. The Balaban J connectivity index is 2.18. The molecule has 0 radical (unpaired) electrons. The molecule has 130 valence electrons. The van der Waals surface area contributed by atoms with Crippen LogP contribution in [0.25, 0.3) is 11.3 Å². The van der Waals surface area contributed by atoms with Crippen LogP contribution in [0.3, 0.4) is 0 Å². The summed E-state index contributed by atoms with van der Waals surface area (Å²) < 4.78 is 1.92. The number of nitrogens with zero attached hydrogens (tertiary/aromatic N) is 5. The highest BCUT2D eigenvalue weighted by Crippen LogP contribution is 2.39. The molecule has 0 fully saturated rings. The average Bonchev–Trinajstić information content (AvgIpc) is 3.09. The summed E-state index contributed by atoms with van der Waals surface area (Å²) in [5.74, 6) is 0.675. The Kier molecular flexibility index (Phi) is 4.84. The van der Waals surface area contributed by atoms with Gasteiger partial charge in [0.25, 0.3) is 5.69 Å². The lowest BCUT2D eigenvalue weighted by Gasteiger charge is -2.06. The maximum atomic E-state index is 11.2. The summed E-state index contributed by atoms with van der Waals surface area (Å²) in [7, 11) is 0. The number of nitro benzene ring substituents is 1. The van der Waals surface area contributed by atoms with Crippen LogP contribution in [0.2, 0.25) is 10.0 Å². The molecule has 0 unspecified atom stereocenters. The van der Waals surface area contributed by atoms with Gasteiger partial charge in [-0.25, -0.2) is 4.98 Å². The van der Waals surface area contributed by atoms with Gasteiger partial charge >= 0.3 is 0 Å². The number of imidazole rings is 1. The third-order valence-electron chi connectivity index (χ3n) is 3.36. The second-order valence-electron chi connectivity index (χ2n) is 4.94. The van der Waals surface area contributed by atoms with Crippen molar-refractivity contribution in [3.63, 3.8) is 0 Å². The second kappa shape index (κ2) is 6.90. The molecular formula is C13H11Cl2N7O2S. The van der Waals surface area contributed by atoms with Crippen molar-refractivity contribution >= 4 is 52.8 Å². The van der Waals surface area contributed by atoms with Crippen LogP contribution in [0.4, 0.5) is 5.69 Å². The highest BCUT2D eigenvalue weighted by Gasteiger charge is 2.25. The quantitative estimate of drug-likeness (QED) is 0.350. The fourth-order valence-electron chi connectivity index (χ4n) is 2.34. The Labute approximate surface area is 155 Å². The van der Waals surface area contributed by atoms with Crippen molar-refractivity contribution in [2.75, 3.05) is 5.75 Å². The van der Waals surface area contributed by atoms with Gasteiger partial charge in [0, 0.05) is 23.9 Å². The Morgan fingerprint density at radius 1 is 1.40 bits per heavy atom. The van der Waals surface area contributed by atoms with E-state index in [1.165, 1.54) is 18.3 Å². The van der Waals surface area contributed by atoms with Gasteiger partial charge in [-0.15, -0.1) is 5.10 Å². The van der Waals surface area contributed by atoms with Gasteiger partial charge in [-0.3, -0.25) is 10.1 Å². The largest absolute Gasteiger partial charge is 0.369 e. The normalized spacial score (nSPS) is 13.2. The van der Waals surface area contributed by atoms with Gasteiger partial charge < -0.3 is 16.0 Å². The van der Waals surface area contributed by atoms with E-state index < -0.39 is 4.92 Å². The Morgan fingerprint density at radius 3 is 2.84 bits per heavy atom. The number of halogens is 2. The summed E-state index contributed by atoms with van der Waals surface area (Å²) >= 11 is 13.7. The van der Waals surface area contributed by atoms with E-state index in [0.717, 1.165) is 10.9 Å². The molecule has 4 N–H and O–H groups in total. The van der Waals surface area contributed by atoms with Gasteiger partial charge in [-0.05, 0) is 6.07 Å². The number of benzene rings is 1. The van der Waals surface area contributed by atoms with E-state index in [0.29, 0.717) is 23.5 Å². The number of rotatable bonds is 4. The molecule has 1 aliphatic heterocycles. The number of hydrogen-bond donors (Lipinski definition) is 2. The summed E-state index contributed by atoms with van der Waals surface area (Å²) in [5.41, 5.74) is 11.7. The van der Waals surface area contributed by atoms with Crippen LogP contribution in [-0.2, 0) is 6.54 Å². The molecule has 25 heavy (non-hydrogen) atoms. The van der Waals surface area contributed by atoms with Crippen LogP contribution in [0.15, 0.2) is 27.5 Å². The van der Waals surface area contributed by atoms with Crippen LogP contribution in [-0.4, -0.2) is 32.4 Å². The van der Waals surface area contributed by atoms with Crippen molar-refractivity contribution < 1.29 is 4.92 Å². The van der Waals surface area contributed by atoms with Crippen molar-refractivity contribution in [3.8, 4) is 11.3 Å². The molecule has 3 rings (SSSR count). The van der Waals surface area contributed by atoms with E-state index in [9.17, 15) is 10.1 Å². The number of aromatic nitrogens is 2. The van der Waals surface area contributed by atoms with Gasteiger partial charge in [-0.2, -0.15) is 5.10 Å². The van der Waals surface area contributed by atoms with E-state index in [1.807, 2.05) is 4.57 Å². The van der Waals surface area contributed by atoms with E-state index >= 15 is 0 Å². The lowest BCUT2D eigenvalue weighted by atomic mass is 10.1. The summed E-state index contributed by atoms with van der Waals surface area (Å²) in [6.45, 7) is 0.712. The molecule has 1 aliphatic rings. The van der Waals surface area contributed by atoms with Crippen molar-refractivity contribution in [3.05, 3.63) is 38.0 Å². The molecule has 0 spiro atoms. The van der Waals surface area contributed by atoms with Gasteiger partial charge in [0.15, 0.2) is 5.16 Å². The highest BCUT2D eigenvalue weighted by molar-refractivity contribution is 7.99. The first-order valence-corrected chi connectivity index (χ1v) is 8.61. The molecule has 0 atom stereocenters. The third-order valence-corrected chi connectivity index (χ3v) is 4.93. The molecule has 0 bridgehead atoms. The zero-order valence-electron chi connectivity index (χ0n) is 12.5. The van der Waals surface area contributed by atoms with Crippen LogP contribution < -0.4 is 11.5 Å². The minimum Gasteiger partial charge on any atom is -0.369 e. The Bertz CT molecular complexity index is 922. The average molecular weight is 400 g/mol. The molecule has 0 aliphatic carbocycles. The number of thioether (sulfide) groups is 1. The predicted molar refractivity (Wildman–Crippen MR) is 98.5 cm³/mol. The molecule has 0 saturated heterocycles. The zero-order valence-corrected chi connectivity index (χ0v) is 14.8. The first-order valence-electron chi connectivity index (χ1n) is 6.87. The number of fused-ring (bicyclic) bond motifs is 1. The summed E-state index contributed by atoms with van der Waals surface area (Å²) in [4.78, 5) is 15.1. The minimum absolute atomic E-state index is 0.0457. The first-order chi connectivity index (χ1) is 11.9. The monoisotopic (exact) mass is 399 g/mol. The number of nitro groups is 1. The van der Waals surface area contributed by atoms with Gasteiger partial charge in [0.1, 0.15) is 10.7 Å². The van der Waals surface area contributed by atoms with Crippen LogP contribution >= 0.6 is 35.0 Å². The van der Waals surface area contributed by atoms with Crippen molar-refractivity contribution in [2.24, 2.45) is 21.7 Å². The van der Waals surface area contributed by atoms with Crippen LogP contribution in [0, 0.1) is 10.1 Å². The third kappa shape index (κ3) is 3.41. The summed E-state index contributed by atoms with van der Waals surface area (Å²) in [6.07, 6.45) is 1.44. The highest BCUT2D eigenvalue weighted by atomic mass is 35.5. The smallest absolute Gasteiger partial charge is 0.288 e. The number of hydrogen-bond acceptors (Lipinski definition) is 6. The van der Waals surface area contributed by atoms with Crippen LogP contribution in [0.5, 0.6) is 0 Å². The summed E-state index contributed by atoms with van der Waals surface area (Å²) in [6, 6.07) is 2.62. The zero-order chi connectivity index (χ0) is 18.1. The molecule has 9 nitrogen and oxygen atoms in total. The van der Waals surface area contributed by atoms with Gasteiger partial charge in [0.05, 0.1) is 21.9 Å². The fraction of sp³-hybridized carbons (Fsp3) is 0.154. The number of guanidine groups is 1. The molecule has 12 heteroatoms. The molecular weight excluding hydrogens is 389 g/mol. The molecule has 0 saturated carbocycles. The van der Waals surface area contributed by atoms with E-state index in [-0.39, 0.29) is 21.7 Å². The van der Waals surface area contributed by atoms with Crippen molar-refractivity contribution in [2.45, 2.75) is 11.7 Å². The maximum Gasteiger partial charge on any atom is 0.288 e. The molecule has 2 aromatic rings. The minimum atomic E-state index is -0.576. The van der Waals surface area contributed by atoms with Gasteiger partial charge in [-0.1, -0.05) is 35.0 Å².